The van der Waals surface area contributed by atoms with E-state index in [0.717, 1.165) is 48.9 Å². The number of pyridine rings is 1. The van der Waals surface area contributed by atoms with Gasteiger partial charge in [-0.1, -0.05) is 24.2 Å². The van der Waals surface area contributed by atoms with Crippen molar-refractivity contribution in [3.05, 3.63) is 53.5 Å². The minimum Gasteiger partial charge on any atom is -0.495 e. The van der Waals surface area contributed by atoms with Crippen molar-refractivity contribution in [1.82, 2.24) is 4.98 Å². The number of nitrogens with one attached hydrogen (secondary N) is 1. The Hall–Kier alpha value is -2.96. The molecule has 34 heavy (non-hydrogen) atoms. The van der Waals surface area contributed by atoms with Crippen molar-refractivity contribution in [3.8, 4) is 5.75 Å². The zero-order valence-corrected chi connectivity index (χ0v) is 19.8. The largest absolute Gasteiger partial charge is 0.495 e. The van der Waals surface area contributed by atoms with E-state index in [4.69, 9.17) is 4.74 Å². The van der Waals surface area contributed by atoms with Gasteiger partial charge in [-0.3, -0.25) is 4.79 Å². The van der Waals surface area contributed by atoms with Crippen molar-refractivity contribution in [2.45, 2.75) is 57.8 Å². The van der Waals surface area contributed by atoms with E-state index in [-0.39, 0.29) is 23.1 Å². The van der Waals surface area contributed by atoms with Crippen LogP contribution in [0, 0.1) is 29.0 Å². The number of anilines is 1. The monoisotopic (exact) mass is 465 g/mol. The number of carbonyl (C=O) groups is 1. The molecule has 1 heterocycles. The van der Waals surface area contributed by atoms with Crippen LogP contribution in [0.25, 0.3) is 0 Å². The van der Waals surface area contributed by atoms with E-state index in [1.54, 1.807) is 31.5 Å². The van der Waals surface area contributed by atoms with Crippen LogP contribution in [0.4, 0.5) is 10.2 Å². The molecule has 7 heteroatoms. The molecule has 3 aliphatic carbocycles. The van der Waals surface area contributed by atoms with Crippen LogP contribution in [-0.4, -0.2) is 28.9 Å². The van der Waals surface area contributed by atoms with Crippen LogP contribution in [0.15, 0.2) is 41.7 Å². The van der Waals surface area contributed by atoms with Crippen molar-refractivity contribution in [2.24, 2.45) is 28.3 Å². The van der Waals surface area contributed by atoms with Crippen LogP contribution < -0.4 is 10.1 Å². The first-order chi connectivity index (χ1) is 16.4. The third-order valence-electron chi connectivity index (χ3n) is 8.70. The van der Waals surface area contributed by atoms with Crippen LogP contribution >= 0.6 is 0 Å². The van der Waals surface area contributed by atoms with Crippen molar-refractivity contribution in [2.75, 3.05) is 12.4 Å². The summed E-state index contributed by atoms with van der Waals surface area (Å²) in [5.74, 6) is 2.29. The molecule has 5 rings (SSSR count). The lowest BCUT2D eigenvalue weighted by molar-refractivity contribution is -0.116. The second-order valence-corrected chi connectivity index (χ2v) is 10.3. The Kier molecular flexibility index (Phi) is 6.04. The van der Waals surface area contributed by atoms with Crippen molar-refractivity contribution in [3.63, 3.8) is 0 Å². The molecule has 2 N–H and O–H groups in total. The maximum absolute atomic E-state index is 14.5. The molecule has 0 saturated heterocycles. The normalized spacial score (nSPS) is 30.9. The maximum atomic E-state index is 14.5. The molecular weight excluding hydrogens is 433 g/mol. The minimum atomic E-state index is -0.167. The Morgan fingerprint density at radius 1 is 1.32 bits per heavy atom. The SMILES string of the molecule is COc1ccc(NC(=O)CC[C@@H]2C/C(=N\O)[C@@]3(C)CCC4c5cccc(F)c5CCC4C23)nc1. The third-order valence-corrected chi connectivity index (χ3v) is 8.70. The van der Waals surface area contributed by atoms with Crippen LogP contribution in [0.5, 0.6) is 5.75 Å². The Morgan fingerprint density at radius 2 is 2.18 bits per heavy atom. The molecule has 0 spiro atoms. The first-order valence-corrected chi connectivity index (χ1v) is 12.2. The molecule has 1 aromatic carbocycles. The Balaban J connectivity index is 1.33. The second-order valence-electron chi connectivity index (χ2n) is 10.3. The summed E-state index contributed by atoms with van der Waals surface area (Å²) in [6.45, 7) is 2.23. The lowest BCUT2D eigenvalue weighted by Crippen LogP contribution is -2.44. The van der Waals surface area contributed by atoms with Crippen molar-refractivity contribution >= 4 is 17.4 Å². The standard InChI is InChI=1S/C27H32FN3O3/c1-27-13-12-19-18-4-3-5-22(28)20(18)8-9-21(19)26(27)16(14-23(27)31-33)6-11-25(32)30-24-10-7-17(34-2)15-29-24/h3-5,7,10,15-16,19,21,26,33H,6,8-9,11-14H2,1-2H3,(H,29,30,32)/b31-23+/t16-,19?,21?,26?,27-/m1/s1. The molecule has 180 valence electrons. The fourth-order valence-electron chi connectivity index (χ4n) is 7.17. The van der Waals surface area contributed by atoms with Crippen LogP contribution in [0.2, 0.25) is 0 Å². The lowest BCUT2D eigenvalue weighted by atomic mass is 9.54. The number of fused-ring (bicyclic) bond motifs is 5. The fourth-order valence-corrected chi connectivity index (χ4v) is 7.17. The molecule has 1 aromatic heterocycles. The number of aromatic nitrogens is 1. The summed E-state index contributed by atoms with van der Waals surface area (Å²) in [6, 6.07) is 8.98. The highest BCUT2D eigenvalue weighted by Crippen LogP contribution is 2.62. The highest BCUT2D eigenvalue weighted by molar-refractivity contribution is 5.93. The molecule has 2 aromatic rings. The number of amides is 1. The van der Waals surface area contributed by atoms with Gasteiger partial charge < -0.3 is 15.3 Å². The molecule has 3 aliphatic rings. The van der Waals surface area contributed by atoms with E-state index < -0.39 is 0 Å². The van der Waals surface area contributed by atoms with Gasteiger partial charge in [0.2, 0.25) is 5.91 Å². The average molecular weight is 466 g/mol. The van der Waals surface area contributed by atoms with Gasteiger partial charge in [0, 0.05) is 11.8 Å². The molecule has 3 unspecified atom stereocenters. The summed E-state index contributed by atoms with van der Waals surface area (Å²) in [7, 11) is 1.58. The Morgan fingerprint density at radius 3 is 2.91 bits per heavy atom. The fraction of sp³-hybridized carbons (Fsp3) is 0.519. The molecule has 0 radical (unpaired) electrons. The number of benzene rings is 1. The van der Waals surface area contributed by atoms with Gasteiger partial charge in [0.25, 0.3) is 0 Å². The number of carbonyl (C=O) groups excluding carboxylic acids is 1. The zero-order chi connectivity index (χ0) is 23.9. The summed E-state index contributed by atoms with van der Waals surface area (Å²) in [5.41, 5.74) is 2.74. The maximum Gasteiger partial charge on any atom is 0.225 e. The number of rotatable bonds is 5. The van der Waals surface area contributed by atoms with Crippen molar-refractivity contribution < 1.29 is 19.1 Å². The molecule has 5 atom stereocenters. The van der Waals surface area contributed by atoms with Crippen LogP contribution in [0.3, 0.4) is 0 Å². The van der Waals surface area contributed by atoms with Gasteiger partial charge in [-0.25, -0.2) is 9.37 Å². The average Bonchev–Trinajstić information content (AvgIpc) is 3.15. The number of halogens is 1. The smallest absolute Gasteiger partial charge is 0.225 e. The Labute approximate surface area is 199 Å². The van der Waals surface area contributed by atoms with E-state index in [9.17, 15) is 14.4 Å². The van der Waals surface area contributed by atoms with E-state index in [0.29, 0.717) is 42.2 Å². The molecule has 2 saturated carbocycles. The van der Waals surface area contributed by atoms with Gasteiger partial charge in [0.1, 0.15) is 17.4 Å². The lowest BCUT2D eigenvalue weighted by Gasteiger charge is -2.50. The summed E-state index contributed by atoms with van der Waals surface area (Å²) >= 11 is 0. The van der Waals surface area contributed by atoms with Gasteiger partial charge in [0.15, 0.2) is 0 Å². The first kappa shape index (κ1) is 22.8. The molecule has 0 bridgehead atoms. The predicted octanol–water partition coefficient (Wildman–Crippen LogP) is 5.56. The number of ether oxygens (including phenoxy) is 1. The van der Waals surface area contributed by atoms with E-state index in [1.165, 1.54) is 0 Å². The number of methoxy groups -OCH3 is 1. The number of hydrogen-bond acceptors (Lipinski definition) is 5. The first-order valence-electron chi connectivity index (χ1n) is 12.2. The third kappa shape index (κ3) is 3.85. The topological polar surface area (TPSA) is 83.8 Å². The highest BCUT2D eigenvalue weighted by Gasteiger charge is 2.57. The molecule has 2 fully saturated rings. The quantitative estimate of drug-likeness (QED) is 0.447. The van der Waals surface area contributed by atoms with Crippen molar-refractivity contribution in [1.29, 1.82) is 0 Å². The van der Waals surface area contributed by atoms with Gasteiger partial charge >= 0.3 is 0 Å². The zero-order valence-electron chi connectivity index (χ0n) is 19.8. The van der Waals surface area contributed by atoms with Gasteiger partial charge in [-0.15, -0.1) is 0 Å². The van der Waals surface area contributed by atoms with E-state index >= 15 is 0 Å². The number of hydrogen-bond donors (Lipinski definition) is 2. The van der Waals surface area contributed by atoms with Gasteiger partial charge in [-0.05, 0) is 91.5 Å². The highest BCUT2D eigenvalue weighted by atomic mass is 19.1. The molecule has 6 nitrogen and oxygen atoms in total. The molecular formula is C27H32FN3O3. The number of oxime groups is 1. The summed E-state index contributed by atoms with van der Waals surface area (Å²) < 4.78 is 19.6. The number of nitrogens with zero attached hydrogens (tertiary/aromatic N) is 2. The predicted molar refractivity (Wildman–Crippen MR) is 128 cm³/mol. The summed E-state index contributed by atoms with van der Waals surface area (Å²) in [6.07, 6.45) is 6.98. The molecule has 0 aliphatic heterocycles. The second kappa shape index (κ2) is 9.01. The minimum absolute atomic E-state index is 0.0721. The summed E-state index contributed by atoms with van der Waals surface area (Å²) in [4.78, 5) is 16.9. The van der Waals surface area contributed by atoms with Gasteiger partial charge in [-0.2, -0.15) is 0 Å². The summed E-state index contributed by atoms with van der Waals surface area (Å²) in [5, 5.41) is 16.4. The molecule has 1 amide bonds. The van der Waals surface area contributed by atoms with Crippen LogP contribution in [-0.2, 0) is 11.2 Å². The van der Waals surface area contributed by atoms with Crippen LogP contribution in [0.1, 0.15) is 62.5 Å². The van der Waals surface area contributed by atoms with E-state index in [1.807, 2.05) is 6.07 Å². The Bertz CT molecular complexity index is 1100. The van der Waals surface area contributed by atoms with E-state index in [2.05, 4.69) is 28.4 Å². The van der Waals surface area contributed by atoms with Gasteiger partial charge in [0.05, 0.1) is 19.0 Å².